The van der Waals surface area contributed by atoms with E-state index in [2.05, 4.69) is 67.8 Å². The highest BCUT2D eigenvalue weighted by atomic mass is 16.7. The monoisotopic (exact) mass is 1160 g/mol. The molecular weight excluding hydrogens is 1040 g/mol. The van der Waals surface area contributed by atoms with Crippen LogP contribution in [0, 0.1) is 0 Å². The molecule has 0 saturated carbocycles. The molecule has 0 bridgehead atoms. The predicted octanol–water partition coefficient (Wildman–Crippen LogP) is 12.9. The molecule has 12 unspecified atom stereocenters. The van der Waals surface area contributed by atoms with Gasteiger partial charge >= 0.3 is 0 Å². The molecule has 2 heterocycles. The Labute approximate surface area is 498 Å². The molecule has 2 aliphatic heterocycles. The summed E-state index contributed by atoms with van der Waals surface area (Å²) in [4.78, 5) is 13.3. The van der Waals surface area contributed by atoms with Crippen molar-refractivity contribution < 1.29 is 64.6 Å². The van der Waals surface area contributed by atoms with Crippen LogP contribution in [0.25, 0.3) is 0 Å². The Hall–Kier alpha value is -2.31. The van der Waals surface area contributed by atoms with E-state index in [-0.39, 0.29) is 18.9 Å². The summed E-state index contributed by atoms with van der Waals surface area (Å²) >= 11 is 0. The topological polar surface area (TPSA) is 228 Å². The van der Waals surface area contributed by atoms with E-state index >= 15 is 0 Å². The van der Waals surface area contributed by atoms with E-state index in [0.717, 1.165) is 64.2 Å². The van der Waals surface area contributed by atoms with Crippen molar-refractivity contribution in [1.29, 1.82) is 0 Å². The highest BCUT2D eigenvalue weighted by Crippen LogP contribution is 2.30. The van der Waals surface area contributed by atoms with Crippen LogP contribution in [-0.4, -0.2) is 140 Å². The fraction of sp³-hybridized carbons (Fsp3) is 0.838. The maximum absolute atomic E-state index is 13.3. The summed E-state index contributed by atoms with van der Waals surface area (Å²) in [6, 6.07) is -0.916. The van der Waals surface area contributed by atoms with E-state index in [1.807, 2.05) is 6.08 Å². The van der Waals surface area contributed by atoms with Gasteiger partial charge in [-0.25, -0.2) is 0 Å². The molecule has 14 heteroatoms. The van der Waals surface area contributed by atoms with Crippen molar-refractivity contribution in [3.63, 3.8) is 0 Å². The van der Waals surface area contributed by atoms with Gasteiger partial charge in [-0.2, -0.15) is 0 Å². The summed E-state index contributed by atoms with van der Waals surface area (Å²) in [5.41, 5.74) is 0. The molecule has 2 rings (SSSR count). The van der Waals surface area contributed by atoms with E-state index in [1.165, 1.54) is 180 Å². The standard InChI is InChI=1S/C68H123NO13/c1-3-5-7-9-11-13-15-17-19-21-23-24-25-26-27-28-29-30-31-32-34-36-38-40-42-44-46-48-50-52-60(73)69-56(57(72)51-49-47-45-43-41-39-37-35-33-22-20-18-16-14-12-10-8-6-4-2)55-79-67-65(78)63(76)66(59(54-71)81-67)82-68-64(77)62(75)61(74)58(53-70)80-68/h5,7,11,13,17,19,23-24,49,51,56-59,61-68,70-72,74-78H,3-4,6,8-10,12,14-16,18,20-22,25-48,50,52-55H2,1-2H3,(H,69,73)/b7-5-,13-11-,19-17-,24-23-,51-49+. The molecule has 0 aromatic carbocycles. The highest BCUT2D eigenvalue weighted by molar-refractivity contribution is 5.76. The molecule has 0 spiro atoms. The Morgan fingerprint density at radius 1 is 0.451 bits per heavy atom. The number of allylic oxidation sites excluding steroid dienone is 9. The van der Waals surface area contributed by atoms with Gasteiger partial charge in [0, 0.05) is 6.42 Å². The predicted molar refractivity (Wildman–Crippen MR) is 332 cm³/mol. The van der Waals surface area contributed by atoms with E-state index in [4.69, 9.17) is 18.9 Å². The molecule has 0 aromatic rings. The maximum atomic E-state index is 13.3. The first-order chi connectivity index (χ1) is 40.1. The number of unbranched alkanes of at least 4 members (excludes halogenated alkanes) is 33. The second-order valence-corrected chi connectivity index (χ2v) is 23.6. The minimum atomic E-state index is -1.79. The number of aliphatic hydroxyl groups excluding tert-OH is 8. The van der Waals surface area contributed by atoms with Crippen LogP contribution in [0.2, 0.25) is 0 Å². The lowest BCUT2D eigenvalue weighted by molar-refractivity contribution is -0.359. The second-order valence-electron chi connectivity index (χ2n) is 23.6. The smallest absolute Gasteiger partial charge is 0.220 e. The molecule has 2 fully saturated rings. The molecule has 1 amide bonds. The molecule has 12 atom stereocenters. The Balaban J connectivity index is 1.68. The molecule has 14 nitrogen and oxygen atoms in total. The fourth-order valence-electron chi connectivity index (χ4n) is 10.9. The molecule has 0 radical (unpaired) electrons. The van der Waals surface area contributed by atoms with Crippen molar-refractivity contribution in [2.45, 2.75) is 344 Å². The minimum absolute atomic E-state index is 0.238. The lowest BCUT2D eigenvalue weighted by Crippen LogP contribution is -2.65. The first-order valence-corrected chi connectivity index (χ1v) is 33.5. The van der Waals surface area contributed by atoms with Gasteiger partial charge in [-0.15, -0.1) is 0 Å². The van der Waals surface area contributed by atoms with Crippen molar-refractivity contribution in [3.8, 4) is 0 Å². The first-order valence-electron chi connectivity index (χ1n) is 33.5. The van der Waals surface area contributed by atoms with Gasteiger partial charge in [-0.1, -0.05) is 267 Å². The van der Waals surface area contributed by atoms with Crippen molar-refractivity contribution in [1.82, 2.24) is 5.32 Å². The van der Waals surface area contributed by atoms with Gasteiger partial charge in [-0.3, -0.25) is 4.79 Å². The zero-order valence-corrected chi connectivity index (χ0v) is 51.7. The Morgan fingerprint density at radius 3 is 1.29 bits per heavy atom. The van der Waals surface area contributed by atoms with Gasteiger partial charge in [0.05, 0.1) is 32.0 Å². The summed E-state index contributed by atoms with van der Waals surface area (Å²) in [5.74, 6) is -0.238. The molecule has 9 N–H and O–H groups in total. The lowest BCUT2D eigenvalue weighted by Gasteiger charge is -2.46. The van der Waals surface area contributed by atoms with E-state index in [0.29, 0.717) is 6.42 Å². The SMILES string of the molecule is CC/C=C\C/C=C\C/C=C\C/C=C\CCCCCCCCCCCCCCCCCCC(=O)NC(COC1OC(CO)C(OC2OC(CO)C(O)C(O)C2O)C(O)C1O)C(O)/C=C/CCCCCCCCCCCCCCCCCCC. The molecule has 0 aliphatic carbocycles. The largest absolute Gasteiger partial charge is 0.394 e. The number of amides is 1. The van der Waals surface area contributed by atoms with E-state index in [9.17, 15) is 45.6 Å². The molecule has 82 heavy (non-hydrogen) atoms. The second kappa shape index (κ2) is 53.0. The van der Waals surface area contributed by atoms with E-state index < -0.39 is 86.8 Å². The number of hydrogen-bond donors (Lipinski definition) is 9. The molecule has 478 valence electrons. The zero-order chi connectivity index (χ0) is 59.5. The van der Waals surface area contributed by atoms with Crippen molar-refractivity contribution >= 4 is 5.91 Å². The van der Waals surface area contributed by atoms with Crippen LogP contribution in [0.5, 0.6) is 0 Å². The number of rotatable bonds is 54. The van der Waals surface area contributed by atoms with Crippen LogP contribution in [0.15, 0.2) is 60.8 Å². The normalized spacial score (nSPS) is 24.3. The van der Waals surface area contributed by atoms with Gasteiger partial charge in [0.15, 0.2) is 12.6 Å². The van der Waals surface area contributed by atoms with Crippen LogP contribution in [-0.2, 0) is 23.7 Å². The van der Waals surface area contributed by atoms with Crippen LogP contribution in [0.3, 0.4) is 0 Å². The number of carbonyl (C=O) groups excluding carboxylic acids is 1. The Kier molecular flexibility index (Phi) is 49.0. The summed E-state index contributed by atoms with van der Waals surface area (Å²) in [7, 11) is 0. The summed E-state index contributed by atoms with van der Waals surface area (Å²) in [5, 5.41) is 87.3. The molecule has 2 saturated heterocycles. The van der Waals surface area contributed by atoms with Gasteiger partial charge in [0.1, 0.15) is 48.8 Å². The van der Waals surface area contributed by atoms with Gasteiger partial charge in [-0.05, 0) is 57.8 Å². The van der Waals surface area contributed by atoms with Crippen LogP contribution in [0.4, 0.5) is 0 Å². The third kappa shape index (κ3) is 37.3. The number of aliphatic hydroxyl groups is 8. The minimum Gasteiger partial charge on any atom is -0.394 e. The van der Waals surface area contributed by atoms with Crippen LogP contribution >= 0.6 is 0 Å². The van der Waals surface area contributed by atoms with Crippen molar-refractivity contribution in [2.24, 2.45) is 0 Å². The number of ether oxygens (including phenoxy) is 4. The van der Waals surface area contributed by atoms with Gasteiger partial charge in [0.25, 0.3) is 0 Å². The van der Waals surface area contributed by atoms with E-state index in [1.54, 1.807) is 6.08 Å². The fourth-order valence-corrected chi connectivity index (χ4v) is 10.9. The van der Waals surface area contributed by atoms with Crippen molar-refractivity contribution in [2.75, 3.05) is 19.8 Å². The van der Waals surface area contributed by atoms with Gasteiger partial charge in [0.2, 0.25) is 5.91 Å². The Morgan fingerprint density at radius 2 is 0.841 bits per heavy atom. The number of nitrogens with one attached hydrogen (secondary N) is 1. The third-order valence-electron chi connectivity index (χ3n) is 16.2. The molecule has 0 aromatic heterocycles. The summed E-state index contributed by atoms with van der Waals surface area (Å²) < 4.78 is 22.8. The third-order valence-corrected chi connectivity index (χ3v) is 16.2. The zero-order valence-electron chi connectivity index (χ0n) is 51.7. The average molecular weight is 1160 g/mol. The van der Waals surface area contributed by atoms with Crippen LogP contribution < -0.4 is 5.32 Å². The lowest BCUT2D eigenvalue weighted by atomic mass is 9.97. The molecule has 2 aliphatic rings. The number of carbonyl (C=O) groups is 1. The summed E-state index contributed by atoms with van der Waals surface area (Å²) in [6.45, 7) is 2.71. The van der Waals surface area contributed by atoms with Crippen molar-refractivity contribution in [3.05, 3.63) is 60.8 Å². The maximum Gasteiger partial charge on any atom is 0.220 e. The van der Waals surface area contributed by atoms with Gasteiger partial charge < -0.3 is 65.1 Å². The molecular formula is C68H123NO13. The summed E-state index contributed by atoms with van der Waals surface area (Å²) in [6.07, 6.45) is 52.6. The first kappa shape index (κ1) is 75.8. The highest BCUT2D eigenvalue weighted by Gasteiger charge is 2.51. The Bertz CT molecular complexity index is 1610. The van der Waals surface area contributed by atoms with Crippen LogP contribution in [0.1, 0.15) is 271 Å². The quantitative estimate of drug-likeness (QED) is 0.0204. The average Bonchev–Trinajstić information content (AvgIpc) is 3.65. The number of hydrogen-bond acceptors (Lipinski definition) is 13.